The fourth-order valence-electron chi connectivity index (χ4n) is 1.85. The highest BCUT2D eigenvalue weighted by Gasteiger charge is 2.27. The summed E-state index contributed by atoms with van der Waals surface area (Å²) in [4.78, 5) is 21.3. The maximum atomic E-state index is 12.0. The molecule has 2 aromatic rings. The van der Waals surface area contributed by atoms with Crippen molar-refractivity contribution in [3.63, 3.8) is 0 Å². The molecule has 0 radical (unpaired) electrons. The summed E-state index contributed by atoms with van der Waals surface area (Å²) in [6.07, 6.45) is 5.63. The van der Waals surface area contributed by atoms with Gasteiger partial charge in [-0.3, -0.25) is 9.69 Å². The number of fused-ring (bicyclic) bond motifs is 1. The van der Waals surface area contributed by atoms with Crippen molar-refractivity contribution in [1.29, 1.82) is 0 Å². The fraction of sp³-hybridized carbons (Fsp3) is 0.0909. The van der Waals surface area contributed by atoms with E-state index in [0.29, 0.717) is 21.9 Å². The quantitative estimate of drug-likeness (QED) is 0.571. The molecule has 7 heteroatoms. The van der Waals surface area contributed by atoms with Crippen molar-refractivity contribution in [3.05, 3.63) is 42.3 Å². The van der Waals surface area contributed by atoms with Crippen LogP contribution in [0.2, 0.25) is 0 Å². The Bertz CT molecular complexity index is 616. The summed E-state index contributed by atoms with van der Waals surface area (Å²) < 4.78 is 0.647. The number of anilines is 3. The molecule has 0 spiro atoms. The topological polar surface area (TPSA) is 85.1 Å². The second kappa shape index (κ2) is 3.95. The van der Waals surface area contributed by atoms with Gasteiger partial charge in [-0.15, -0.1) is 0 Å². The van der Waals surface area contributed by atoms with Gasteiger partial charge in [-0.1, -0.05) is 0 Å². The first kappa shape index (κ1) is 10.5. The molecule has 0 bridgehead atoms. The molecule has 2 aromatic heterocycles. The molecule has 18 heavy (non-hydrogen) atoms. The number of carbonyl (C=O) groups excluding carboxylic acids is 1. The van der Waals surface area contributed by atoms with Gasteiger partial charge in [0.15, 0.2) is 12.0 Å². The van der Waals surface area contributed by atoms with E-state index in [0.717, 1.165) is 0 Å². The number of hydrogen-bond acceptors (Lipinski definition) is 5. The van der Waals surface area contributed by atoms with E-state index in [1.165, 1.54) is 29.8 Å². The molecule has 0 saturated heterocycles. The molecule has 0 saturated carbocycles. The number of hydrogen-bond donors (Lipinski definition) is 1. The van der Waals surface area contributed by atoms with Crippen LogP contribution in [0.4, 0.5) is 17.2 Å². The predicted molar refractivity (Wildman–Crippen MR) is 63.1 cm³/mol. The zero-order valence-corrected chi connectivity index (χ0v) is 9.28. The molecule has 1 amide bonds. The lowest BCUT2D eigenvalue weighted by molar-refractivity contribution is -0.604. The number of nitrogens with zero attached hydrogens (tertiary/aromatic N) is 4. The number of pyridine rings is 1. The molecular formula is C11H9N5O2. The minimum absolute atomic E-state index is 0.137. The van der Waals surface area contributed by atoms with Crippen LogP contribution in [0.15, 0.2) is 37.1 Å². The minimum atomic E-state index is -0.163. The van der Waals surface area contributed by atoms with Crippen molar-refractivity contribution in [2.75, 3.05) is 16.8 Å². The monoisotopic (exact) mass is 243 g/mol. The molecule has 0 unspecified atom stereocenters. The summed E-state index contributed by atoms with van der Waals surface area (Å²) in [5.41, 5.74) is 1.04. The van der Waals surface area contributed by atoms with Gasteiger partial charge >= 0.3 is 0 Å². The summed E-state index contributed by atoms with van der Waals surface area (Å²) in [7, 11) is 0. The van der Waals surface area contributed by atoms with Gasteiger partial charge in [0.2, 0.25) is 6.20 Å². The average Bonchev–Trinajstić information content (AvgIpc) is 2.38. The van der Waals surface area contributed by atoms with E-state index in [1.807, 2.05) is 0 Å². The van der Waals surface area contributed by atoms with Crippen molar-refractivity contribution in [3.8, 4) is 0 Å². The van der Waals surface area contributed by atoms with Crippen LogP contribution in [0, 0.1) is 5.21 Å². The van der Waals surface area contributed by atoms with Crippen LogP contribution in [0.1, 0.15) is 0 Å². The normalized spacial score (nSPS) is 14.0. The van der Waals surface area contributed by atoms with Crippen molar-refractivity contribution in [2.45, 2.75) is 0 Å². The average molecular weight is 243 g/mol. The van der Waals surface area contributed by atoms with Crippen LogP contribution in [0.3, 0.4) is 0 Å². The third-order valence-corrected chi connectivity index (χ3v) is 2.61. The first-order valence-electron chi connectivity index (χ1n) is 5.31. The van der Waals surface area contributed by atoms with Gasteiger partial charge in [-0.25, -0.2) is 9.97 Å². The lowest BCUT2D eigenvalue weighted by Gasteiger charge is -2.27. The number of amides is 1. The molecule has 1 aliphatic heterocycles. The molecule has 0 fully saturated rings. The van der Waals surface area contributed by atoms with Gasteiger partial charge in [-0.05, 0) is 6.07 Å². The maximum Gasteiger partial charge on any atom is 0.251 e. The highest BCUT2D eigenvalue weighted by Crippen LogP contribution is 2.31. The Kier molecular flexibility index (Phi) is 2.30. The van der Waals surface area contributed by atoms with E-state index in [9.17, 15) is 10.0 Å². The first-order chi connectivity index (χ1) is 8.75. The molecule has 3 heterocycles. The molecule has 0 aromatic carbocycles. The van der Waals surface area contributed by atoms with E-state index >= 15 is 0 Å². The molecular weight excluding hydrogens is 234 g/mol. The highest BCUT2D eigenvalue weighted by atomic mass is 16.5. The molecule has 3 rings (SSSR count). The maximum absolute atomic E-state index is 12.0. The number of carbonyl (C=O) groups is 1. The third kappa shape index (κ3) is 1.61. The van der Waals surface area contributed by atoms with Crippen LogP contribution >= 0.6 is 0 Å². The SMILES string of the molecule is O=C1CNc2ncncc2N1c1ccc[n+]([O-])c1. The Morgan fingerprint density at radius 1 is 1.50 bits per heavy atom. The summed E-state index contributed by atoms with van der Waals surface area (Å²) >= 11 is 0. The van der Waals surface area contributed by atoms with Gasteiger partial charge in [0.25, 0.3) is 5.91 Å². The summed E-state index contributed by atoms with van der Waals surface area (Å²) in [6, 6.07) is 3.27. The zero-order chi connectivity index (χ0) is 12.5. The molecule has 90 valence electrons. The molecule has 0 aliphatic carbocycles. The van der Waals surface area contributed by atoms with Crippen LogP contribution in [0.5, 0.6) is 0 Å². The third-order valence-electron chi connectivity index (χ3n) is 2.61. The molecule has 7 nitrogen and oxygen atoms in total. The first-order valence-corrected chi connectivity index (χ1v) is 5.31. The standard InChI is InChI=1S/C11H9N5O2/c17-10-5-13-11-9(4-12-7-14-11)16(10)8-2-1-3-15(18)6-8/h1-4,6-7H,5H2,(H,12,13,14). The van der Waals surface area contributed by atoms with Crippen molar-refractivity contribution in [1.82, 2.24) is 9.97 Å². The van der Waals surface area contributed by atoms with Crippen molar-refractivity contribution >= 4 is 23.1 Å². The largest absolute Gasteiger partial charge is 0.619 e. The Morgan fingerprint density at radius 2 is 2.39 bits per heavy atom. The fourth-order valence-corrected chi connectivity index (χ4v) is 1.85. The van der Waals surface area contributed by atoms with E-state index in [1.54, 1.807) is 12.1 Å². The minimum Gasteiger partial charge on any atom is -0.619 e. The van der Waals surface area contributed by atoms with Gasteiger partial charge in [0, 0.05) is 6.07 Å². The van der Waals surface area contributed by atoms with Crippen LogP contribution in [-0.4, -0.2) is 22.4 Å². The number of aromatic nitrogens is 3. The van der Waals surface area contributed by atoms with Crippen LogP contribution < -0.4 is 14.9 Å². The van der Waals surface area contributed by atoms with Gasteiger partial charge in [0.1, 0.15) is 17.7 Å². The molecule has 1 aliphatic rings. The smallest absolute Gasteiger partial charge is 0.251 e. The lowest BCUT2D eigenvalue weighted by Crippen LogP contribution is -2.38. The predicted octanol–water partition coefficient (Wildman–Crippen LogP) is 0.200. The van der Waals surface area contributed by atoms with Crippen molar-refractivity contribution in [2.24, 2.45) is 0 Å². The Balaban J connectivity index is 2.13. The summed E-state index contributed by atoms with van der Waals surface area (Å²) in [5.74, 6) is 0.411. The second-order valence-electron chi connectivity index (χ2n) is 3.76. The summed E-state index contributed by atoms with van der Waals surface area (Å²) in [6.45, 7) is 0.137. The highest BCUT2D eigenvalue weighted by molar-refractivity contribution is 6.07. The van der Waals surface area contributed by atoms with Gasteiger partial charge < -0.3 is 10.5 Å². The van der Waals surface area contributed by atoms with Gasteiger partial charge in [-0.2, -0.15) is 4.73 Å². The lowest BCUT2D eigenvalue weighted by atomic mass is 10.2. The van der Waals surface area contributed by atoms with E-state index < -0.39 is 0 Å². The second-order valence-corrected chi connectivity index (χ2v) is 3.76. The zero-order valence-electron chi connectivity index (χ0n) is 9.28. The molecule has 0 atom stereocenters. The summed E-state index contributed by atoms with van der Waals surface area (Å²) in [5, 5.41) is 14.2. The van der Waals surface area contributed by atoms with Crippen molar-refractivity contribution < 1.29 is 9.52 Å². The van der Waals surface area contributed by atoms with Crippen LogP contribution in [0.25, 0.3) is 0 Å². The number of rotatable bonds is 1. The molecule has 1 N–H and O–H groups in total. The Hall–Kier alpha value is -2.70. The van der Waals surface area contributed by atoms with E-state index in [-0.39, 0.29) is 12.5 Å². The Labute approximate surface area is 102 Å². The number of nitrogens with one attached hydrogen (secondary N) is 1. The Morgan fingerprint density at radius 3 is 3.22 bits per heavy atom. The van der Waals surface area contributed by atoms with E-state index in [2.05, 4.69) is 15.3 Å². The van der Waals surface area contributed by atoms with E-state index in [4.69, 9.17) is 0 Å². The van der Waals surface area contributed by atoms with Gasteiger partial charge in [0.05, 0.1) is 12.7 Å². The van der Waals surface area contributed by atoms with Crippen LogP contribution in [-0.2, 0) is 4.79 Å².